The molecule has 1 aromatic rings. The Bertz CT molecular complexity index is 430. The second-order valence-corrected chi connectivity index (χ2v) is 4.89. The lowest BCUT2D eigenvalue weighted by Gasteiger charge is -2.23. The molecular weight excluding hydrogens is 232 g/mol. The zero-order chi connectivity index (χ0) is 13.8. The first-order valence-corrected chi connectivity index (χ1v) is 5.86. The summed E-state index contributed by atoms with van der Waals surface area (Å²) in [7, 11) is 1.67. The number of methoxy groups -OCH3 is 1. The Hall–Kier alpha value is -1.46. The molecule has 0 atom stereocenters. The van der Waals surface area contributed by atoms with Gasteiger partial charge in [0.2, 0.25) is 0 Å². The van der Waals surface area contributed by atoms with E-state index in [4.69, 9.17) is 4.74 Å². The van der Waals surface area contributed by atoms with Crippen molar-refractivity contribution in [2.45, 2.75) is 32.9 Å². The van der Waals surface area contributed by atoms with E-state index >= 15 is 0 Å². The van der Waals surface area contributed by atoms with Crippen molar-refractivity contribution >= 4 is 5.69 Å². The first kappa shape index (κ1) is 14.6. The van der Waals surface area contributed by atoms with Crippen LogP contribution in [-0.2, 0) is 11.3 Å². The van der Waals surface area contributed by atoms with Gasteiger partial charge in [0.25, 0.3) is 5.69 Å². The minimum absolute atomic E-state index is 0.167. The van der Waals surface area contributed by atoms with Crippen molar-refractivity contribution in [3.05, 3.63) is 39.4 Å². The molecule has 0 aliphatic rings. The molecule has 0 aliphatic heterocycles. The van der Waals surface area contributed by atoms with Crippen molar-refractivity contribution in [3.63, 3.8) is 0 Å². The van der Waals surface area contributed by atoms with Crippen molar-refractivity contribution < 1.29 is 9.66 Å². The van der Waals surface area contributed by atoms with E-state index in [1.54, 1.807) is 20.1 Å². The number of benzene rings is 1. The average molecular weight is 252 g/mol. The van der Waals surface area contributed by atoms with Crippen molar-refractivity contribution in [3.8, 4) is 0 Å². The maximum atomic E-state index is 10.8. The molecule has 1 rings (SSSR count). The van der Waals surface area contributed by atoms with E-state index in [0.29, 0.717) is 18.7 Å². The molecule has 18 heavy (non-hydrogen) atoms. The normalized spacial score (nSPS) is 11.6. The summed E-state index contributed by atoms with van der Waals surface area (Å²) in [4.78, 5) is 10.5. The van der Waals surface area contributed by atoms with Crippen LogP contribution in [0.3, 0.4) is 0 Å². The summed E-state index contributed by atoms with van der Waals surface area (Å²) >= 11 is 0. The molecule has 0 saturated heterocycles. The molecule has 0 spiro atoms. The van der Waals surface area contributed by atoms with Crippen LogP contribution in [0.2, 0.25) is 0 Å². The van der Waals surface area contributed by atoms with Gasteiger partial charge in [0.05, 0.1) is 10.5 Å². The molecule has 0 radical (unpaired) electrons. The molecule has 0 fully saturated rings. The number of nitrogens with zero attached hydrogens (tertiary/aromatic N) is 1. The number of hydrogen-bond donors (Lipinski definition) is 1. The number of rotatable bonds is 6. The number of ether oxygens (including phenoxy) is 1. The third-order valence-electron chi connectivity index (χ3n) is 3.03. The van der Waals surface area contributed by atoms with Gasteiger partial charge in [-0.1, -0.05) is 12.1 Å². The molecule has 0 bridgehead atoms. The molecule has 5 nitrogen and oxygen atoms in total. The molecule has 100 valence electrons. The molecule has 0 aliphatic carbocycles. The monoisotopic (exact) mass is 252 g/mol. The SMILES string of the molecule is COC(C)(C)CNCc1cccc([N+](=O)[O-])c1C. The lowest BCUT2D eigenvalue weighted by atomic mass is 10.1. The Morgan fingerprint density at radius 1 is 1.44 bits per heavy atom. The van der Waals surface area contributed by atoms with Crippen LogP contribution in [0.15, 0.2) is 18.2 Å². The minimum atomic E-state index is -0.349. The third kappa shape index (κ3) is 3.78. The van der Waals surface area contributed by atoms with Gasteiger partial charge in [0.15, 0.2) is 0 Å². The van der Waals surface area contributed by atoms with Gasteiger partial charge >= 0.3 is 0 Å². The highest BCUT2D eigenvalue weighted by atomic mass is 16.6. The van der Waals surface area contributed by atoms with Gasteiger partial charge in [-0.15, -0.1) is 0 Å². The summed E-state index contributed by atoms with van der Waals surface area (Å²) in [6, 6.07) is 5.14. The number of nitro benzene ring substituents is 1. The lowest BCUT2D eigenvalue weighted by Crippen LogP contribution is -2.36. The summed E-state index contributed by atoms with van der Waals surface area (Å²) in [5.41, 5.74) is 1.58. The predicted octanol–water partition coefficient (Wildman–Crippen LogP) is 2.42. The Morgan fingerprint density at radius 3 is 2.67 bits per heavy atom. The number of nitro groups is 1. The molecule has 0 saturated carbocycles. The van der Waals surface area contributed by atoms with Crippen LogP contribution >= 0.6 is 0 Å². The second kappa shape index (κ2) is 5.93. The quantitative estimate of drug-likeness (QED) is 0.623. The largest absolute Gasteiger partial charge is 0.377 e. The van der Waals surface area contributed by atoms with Crippen molar-refractivity contribution in [2.24, 2.45) is 0 Å². The van der Waals surface area contributed by atoms with E-state index in [1.807, 2.05) is 19.9 Å². The summed E-state index contributed by atoms with van der Waals surface area (Å²) in [5.74, 6) is 0. The summed E-state index contributed by atoms with van der Waals surface area (Å²) in [6.07, 6.45) is 0. The summed E-state index contributed by atoms with van der Waals surface area (Å²) in [6.45, 7) is 7.03. The van der Waals surface area contributed by atoms with Crippen LogP contribution in [0.4, 0.5) is 5.69 Å². The van der Waals surface area contributed by atoms with Crippen LogP contribution in [0, 0.1) is 17.0 Å². The lowest BCUT2D eigenvalue weighted by molar-refractivity contribution is -0.385. The standard InChI is InChI=1S/C13H20N2O3/c1-10-11(6-5-7-12(10)15(16)17)8-14-9-13(2,3)18-4/h5-7,14H,8-9H2,1-4H3. The minimum Gasteiger partial charge on any atom is -0.377 e. The van der Waals surface area contributed by atoms with Crippen LogP contribution in [-0.4, -0.2) is 24.2 Å². The first-order chi connectivity index (χ1) is 8.37. The maximum Gasteiger partial charge on any atom is 0.272 e. The van der Waals surface area contributed by atoms with E-state index in [2.05, 4.69) is 5.32 Å². The zero-order valence-corrected chi connectivity index (χ0v) is 11.3. The van der Waals surface area contributed by atoms with Gasteiger partial charge in [-0.05, 0) is 26.3 Å². The third-order valence-corrected chi connectivity index (χ3v) is 3.03. The maximum absolute atomic E-state index is 10.8. The van der Waals surface area contributed by atoms with Crippen LogP contribution in [0.25, 0.3) is 0 Å². The van der Waals surface area contributed by atoms with E-state index in [1.165, 1.54) is 6.07 Å². The smallest absolute Gasteiger partial charge is 0.272 e. The van der Waals surface area contributed by atoms with Gasteiger partial charge in [0, 0.05) is 31.8 Å². The molecule has 1 aromatic carbocycles. The molecular formula is C13H20N2O3. The Morgan fingerprint density at radius 2 is 2.11 bits per heavy atom. The summed E-state index contributed by atoms with van der Waals surface area (Å²) < 4.78 is 5.30. The highest BCUT2D eigenvalue weighted by Gasteiger charge is 2.17. The van der Waals surface area contributed by atoms with E-state index in [0.717, 1.165) is 5.56 Å². The highest BCUT2D eigenvalue weighted by Crippen LogP contribution is 2.20. The van der Waals surface area contributed by atoms with E-state index in [9.17, 15) is 10.1 Å². The average Bonchev–Trinajstić information content (AvgIpc) is 2.31. The second-order valence-electron chi connectivity index (χ2n) is 4.89. The Labute approximate surface area is 107 Å². The van der Waals surface area contributed by atoms with Gasteiger partial charge in [-0.2, -0.15) is 0 Å². The van der Waals surface area contributed by atoms with Crippen molar-refractivity contribution in [2.75, 3.05) is 13.7 Å². The number of hydrogen-bond acceptors (Lipinski definition) is 4. The fourth-order valence-corrected chi connectivity index (χ4v) is 1.63. The van der Waals surface area contributed by atoms with Crippen molar-refractivity contribution in [1.29, 1.82) is 0 Å². The molecule has 1 N–H and O–H groups in total. The van der Waals surface area contributed by atoms with Gasteiger partial charge in [-0.3, -0.25) is 10.1 Å². The van der Waals surface area contributed by atoms with E-state index in [-0.39, 0.29) is 16.2 Å². The fraction of sp³-hybridized carbons (Fsp3) is 0.538. The Balaban J connectivity index is 2.69. The fourth-order valence-electron chi connectivity index (χ4n) is 1.63. The molecule has 0 amide bonds. The van der Waals surface area contributed by atoms with Crippen molar-refractivity contribution in [1.82, 2.24) is 5.32 Å². The first-order valence-electron chi connectivity index (χ1n) is 5.86. The van der Waals surface area contributed by atoms with Crippen LogP contribution in [0.5, 0.6) is 0 Å². The molecule has 0 heterocycles. The Kier molecular flexibility index (Phi) is 4.81. The number of nitrogens with one attached hydrogen (secondary N) is 1. The van der Waals surface area contributed by atoms with Gasteiger partial charge < -0.3 is 10.1 Å². The predicted molar refractivity (Wildman–Crippen MR) is 70.6 cm³/mol. The van der Waals surface area contributed by atoms with Crippen LogP contribution in [0.1, 0.15) is 25.0 Å². The molecule has 0 aromatic heterocycles. The van der Waals surface area contributed by atoms with E-state index < -0.39 is 0 Å². The topological polar surface area (TPSA) is 64.4 Å². The zero-order valence-electron chi connectivity index (χ0n) is 11.3. The molecule has 0 unspecified atom stereocenters. The van der Waals surface area contributed by atoms with Crippen LogP contribution < -0.4 is 5.32 Å². The van der Waals surface area contributed by atoms with Gasteiger partial charge in [-0.25, -0.2) is 0 Å². The summed E-state index contributed by atoms with van der Waals surface area (Å²) in [5, 5.41) is 14.1. The molecule has 5 heteroatoms. The highest BCUT2D eigenvalue weighted by molar-refractivity contribution is 5.44. The van der Waals surface area contributed by atoms with Gasteiger partial charge in [0.1, 0.15) is 0 Å².